The summed E-state index contributed by atoms with van der Waals surface area (Å²) in [6.45, 7) is 1.12. The number of urea groups is 1. The largest absolute Gasteiger partial charge is 0.481 e. The van der Waals surface area contributed by atoms with Gasteiger partial charge in [0.25, 0.3) is 0 Å². The van der Waals surface area contributed by atoms with Crippen LogP contribution < -0.4 is 11.5 Å². The van der Waals surface area contributed by atoms with E-state index in [-0.39, 0.29) is 0 Å². The molecule has 70 valence electrons. The van der Waals surface area contributed by atoms with Gasteiger partial charge < -0.3 is 21.7 Å². The molecule has 0 fully saturated rings. The van der Waals surface area contributed by atoms with Gasteiger partial charge in [-0.05, 0) is 6.92 Å². The molecular formula is C5H10N2O5. The molecule has 0 unspecified atom stereocenters. The van der Waals surface area contributed by atoms with E-state index in [9.17, 15) is 9.59 Å². The van der Waals surface area contributed by atoms with Crippen LogP contribution >= 0.6 is 0 Å². The summed E-state index contributed by atoms with van der Waals surface area (Å²) in [6.07, 6.45) is 0. The number of rotatable bonds is 2. The molecule has 0 aliphatic carbocycles. The second kappa shape index (κ2) is 5.96. The molecule has 0 bridgehead atoms. The number of hydrogen-bond donors (Lipinski definition) is 4. The zero-order chi connectivity index (χ0) is 10.3. The van der Waals surface area contributed by atoms with E-state index in [0.717, 1.165) is 6.92 Å². The first-order valence-corrected chi connectivity index (χ1v) is 2.79. The fourth-order valence-corrected chi connectivity index (χ4v) is 0.106. The van der Waals surface area contributed by atoms with E-state index in [1.165, 1.54) is 0 Å². The molecule has 0 atom stereocenters. The molecule has 0 rings (SSSR count). The van der Waals surface area contributed by atoms with Crippen LogP contribution in [0.15, 0.2) is 0 Å². The molecular weight excluding hydrogens is 168 g/mol. The fourth-order valence-electron chi connectivity index (χ4n) is 0.106. The Hall–Kier alpha value is -1.79. The molecule has 6 N–H and O–H groups in total. The van der Waals surface area contributed by atoms with Gasteiger partial charge in [-0.1, -0.05) is 0 Å². The van der Waals surface area contributed by atoms with E-state index >= 15 is 0 Å². The molecule has 0 aromatic rings. The first-order chi connectivity index (χ1) is 5.29. The maximum absolute atomic E-state index is 9.76. The highest BCUT2D eigenvalue weighted by molar-refractivity contribution is 5.92. The molecule has 0 spiro atoms. The number of carbonyl (C=O) groups is 3. The first kappa shape index (κ1) is 12.8. The lowest BCUT2D eigenvalue weighted by Crippen LogP contribution is -2.19. The monoisotopic (exact) mass is 178 g/mol. The van der Waals surface area contributed by atoms with Crippen molar-refractivity contribution in [1.29, 1.82) is 0 Å². The predicted molar refractivity (Wildman–Crippen MR) is 38.2 cm³/mol. The summed E-state index contributed by atoms with van der Waals surface area (Å²) < 4.78 is 0. The van der Waals surface area contributed by atoms with Crippen LogP contribution in [0.3, 0.4) is 0 Å². The third-order valence-corrected chi connectivity index (χ3v) is 0.741. The van der Waals surface area contributed by atoms with Crippen LogP contribution in [0.5, 0.6) is 0 Å². The van der Waals surface area contributed by atoms with Crippen LogP contribution in [0, 0.1) is 5.92 Å². The van der Waals surface area contributed by atoms with Crippen molar-refractivity contribution in [2.45, 2.75) is 6.92 Å². The predicted octanol–water partition coefficient (Wildman–Crippen LogP) is -1.18. The molecule has 0 aliphatic rings. The Morgan fingerprint density at radius 1 is 1.08 bits per heavy atom. The molecule has 2 amide bonds. The molecule has 0 aliphatic heterocycles. The highest BCUT2D eigenvalue weighted by Gasteiger charge is 2.18. The van der Waals surface area contributed by atoms with Gasteiger partial charge >= 0.3 is 18.0 Å². The lowest BCUT2D eigenvalue weighted by molar-refractivity contribution is -0.153. The Labute approximate surface area is 68.0 Å². The maximum atomic E-state index is 9.76. The fraction of sp³-hybridized carbons (Fsp3) is 0.400. The first-order valence-electron chi connectivity index (χ1n) is 2.79. The quantitative estimate of drug-likeness (QED) is 0.393. The van der Waals surface area contributed by atoms with Crippen LogP contribution in [0.2, 0.25) is 0 Å². The molecule has 0 saturated heterocycles. The second-order valence-electron chi connectivity index (χ2n) is 1.80. The van der Waals surface area contributed by atoms with Crippen molar-refractivity contribution >= 4 is 18.0 Å². The second-order valence-corrected chi connectivity index (χ2v) is 1.80. The zero-order valence-electron chi connectivity index (χ0n) is 6.35. The lowest BCUT2D eigenvalue weighted by atomic mass is 10.2. The van der Waals surface area contributed by atoms with Gasteiger partial charge in [-0.15, -0.1) is 0 Å². The molecule has 0 aromatic heterocycles. The highest BCUT2D eigenvalue weighted by atomic mass is 16.4. The molecule has 0 heterocycles. The molecule has 7 heteroatoms. The molecule has 0 aromatic carbocycles. The SMILES string of the molecule is CC(C(=O)O)C(=O)O.NC(N)=O. The van der Waals surface area contributed by atoms with E-state index < -0.39 is 23.9 Å². The van der Waals surface area contributed by atoms with Crippen LogP contribution in [-0.2, 0) is 9.59 Å². The van der Waals surface area contributed by atoms with E-state index in [4.69, 9.17) is 15.0 Å². The third kappa shape index (κ3) is 11.1. The van der Waals surface area contributed by atoms with Crippen molar-refractivity contribution < 1.29 is 24.6 Å². The van der Waals surface area contributed by atoms with Crippen molar-refractivity contribution in [1.82, 2.24) is 0 Å². The normalized spacial score (nSPS) is 8.17. The van der Waals surface area contributed by atoms with Gasteiger partial charge in [0.1, 0.15) is 0 Å². The van der Waals surface area contributed by atoms with Gasteiger partial charge in [-0.25, -0.2) is 4.79 Å². The average molecular weight is 178 g/mol. The molecule has 12 heavy (non-hydrogen) atoms. The minimum atomic E-state index is -1.31. The van der Waals surface area contributed by atoms with Crippen molar-refractivity contribution in [2.24, 2.45) is 17.4 Å². The van der Waals surface area contributed by atoms with Gasteiger partial charge in [0.2, 0.25) is 0 Å². The van der Waals surface area contributed by atoms with E-state index in [0.29, 0.717) is 0 Å². The maximum Gasteiger partial charge on any atom is 0.317 e. The van der Waals surface area contributed by atoms with E-state index in [1.54, 1.807) is 0 Å². The molecule has 0 saturated carbocycles. The summed E-state index contributed by atoms with van der Waals surface area (Å²) in [6, 6.07) is -0.833. The zero-order valence-corrected chi connectivity index (χ0v) is 6.35. The summed E-state index contributed by atoms with van der Waals surface area (Å²) in [5, 5.41) is 15.9. The summed E-state index contributed by atoms with van der Waals surface area (Å²) >= 11 is 0. The molecule has 0 radical (unpaired) electrons. The Kier molecular flexibility index (Phi) is 6.38. The summed E-state index contributed by atoms with van der Waals surface area (Å²) in [5.74, 6) is -3.91. The number of amides is 2. The van der Waals surface area contributed by atoms with Gasteiger partial charge in [0.05, 0.1) is 0 Å². The van der Waals surface area contributed by atoms with Crippen LogP contribution in [0.4, 0.5) is 4.79 Å². The number of primary amides is 2. The third-order valence-electron chi connectivity index (χ3n) is 0.741. The summed E-state index contributed by atoms with van der Waals surface area (Å²) in [5.41, 5.74) is 8.50. The Morgan fingerprint density at radius 3 is 1.25 bits per heavy atom. The topological polar surface area (TPSA) is 144 Å². The van der Waals surface area contributed by atoms with E-state index in [1.807, 2.05) is 0 Å². The van der Waals surface area contributed by atoms with Crippen molar-refractivity contribution in [3.05, 3.63) is 0 Å². The Morgan fingerprint density at radius 2 is 1.25 bits per heavy atom. The van der Waals surface area contributed by atoms with Crippen molar-refractivity contribution in [3.8, 4) is 0 Å². The smallest absolute Gasteiger partial charge is 0.317 e. The average Bonchev–Trinajstić information content (AvgIpc) is 1.84. The molecule has 7 nitrogen and oxygen atoms in total. The van der Waals surface area contributed by atoms with Crippen LogP contribution in [-0.4, -0.2) is 28.2 Å². The Bertz CT molecular complexity index is 172. The van der Waals surface area contributed by atoms with Gasteiger partial charge in [-0.3, -0.25) is 9.59 Å². The van der Waals surface area contributed by atoms with Gasteiger partial charge in [0.15, 0.2) is 5.92 Å². The van der Waals surface area contributed by atoms with Crippen LogP contribution in [0.1, 0.15) is 6.92 Å². The lowest BCUT2D eigenvalue weighted by Gasteiger charge is -1.94. The minimum Gasteiger partial charge on any atom is -0.481 e. The van der Waals surface area contributed by atoms with Crippen LogP contribution in [0.25, 0.3) is 0 Å². The van der Waals surface area contributed by atoms with Crippen molar-refractivity contribution in [2.75, 3.05) is 0 Å². The highest BCUT2D eigenvalue weighted by Crippen LogP contribution is 1.91. The van der Waals surface area contributed by atoms with Gasteiger partial charge in [-0.2, -0.15) is 0 Å². The number of carbonyl (C=O) groups excluding carboxylic acids is 1. The number of nitrogens with two attached hydrogens (primary N) is 2. The summed E-state index contributed by atoms with van der Waals surface area (Å²) in [4.78, 5) is 28.5. The number of aliphatic carboxylic acids is 2. The van der Waals surface area contributed by atoms with Crippen molar-refractivity contribution in [3.63, 3.8) is 0 Å². The number of hydrogen-bond acceptors (Lipinski definition) is 3. The standard InChI is InChI=1S/C4H6O4.CH4N2O/c1-2(3(5)6)4(7)8;2-1(3)4/h2H,1H3,(H,5,6)(H,7,8);(H4,2,3,4). The van der Waals surface area contributed by atoms with E-state index in [2.05, 4.69) is 11.5 Å². The Balaban J connectivity index is 0. The number of carboxylic acids is 2. The minimum absolute atomic E-state index is 0.833. The summed E-state index contributed by atoms with van der Waals surface area (Å²) in [7, 11) is 0. The van der Waals surface area contributed by atoms with Gasteiger partial charge in [0, 0.05) is 0 Å². The number of carboxylic acid groups (broad SMARTS) is 2.